The predicted octanol–water partition coefficient (Wildman–Crippen LogP) is 0.747. The zero-order valence-electron chi connectivity index (χ0n) is 22.3. The highest BCUT2D eigenvalue weighted by atomic mass is 32.3. The Bertz CT molecular complexity index is 1270. The maximum atomic E-state index is 13.1. The summed E-state index contributed by atoms with van der Waals surface area (Å²) < 4.78 is 29.4. The molecule has 1 aromatic rings. The molecule has 0 bridgehead atoms. The van der Waals surface area contributed by atoms with Gasteiger partial charge < -0.3 is 30.3 Å². The largest absolute Gasteiger partial charge is 0.426 e. The van der Waals surface area contributed by atoms with Gasteiger partial charge in [-0.25, -0.2) is 9.59 Å². The topological polar surface area (TPSA) is 189 Å². The summed E-state index contributed by atoms with van der Waals surface area (Å²) in [6.45, 7) is 5.68. The third-order valence-electron chi connectivity index (χ3n) is 8.07. The number of carbonyl (C=O) groups excluding carboxylic acids is 5. The summed E-state index contributed by atoms with van der Waals surface area (Å²) in [5.41, 5.74) is 6.65. The molecule has 0 spiro atoms. The van der Waals surface area contributed by atoms with Crippen molar-refractivity contribution >= 4 is 52.0 Å². The normalized spacial score (nSPS) is 32.1. The molecule has 5 rings (SSSR count). The van der Waals surface area contributed by atoms with Crippen LogP contribution >= 0.6 is 22.4 Å². The second-order valence-corrected chi connectivity index (χ2v) is 15.8. The number of fused-ring (bicyclic) bond motifs is 2. The Morgan fingerprint density at radius 1 is 1.07 bits per heavy atom. The second kappa shape index (κ2) is 9.62. The summed E-state index contributed by atoms with van der Waals surface area (Å²) in [4.78, 5) is 66.2. The zero-order chi connectivity index (χ0) is 29.4. The van der Waals surface area contributed by atoms with Gasteiger partial charge in [0.1, 0.15) is 28.9 Å². The zero-order valence-corrected chi connectivity index (χ0v) is 23.9. The number of esters is 2. The van der Waals surface area contributed by atoms with Crippen molar-refractivity contribution in [2.45, 2.75) is 78.5 Å². The fourth-order valence-electron chi connectivity index (χ4n) is 5.72. The number of rotatable bonds is 7. The molecule has 0 unspecified atom stereocenters. The molecule has 40 heavy (non-hydrogen) atoms. The van der Waals surface area contributed by atoms with Crippen molar-refractivity contribution in [2.75, 3.05) is 6.79 Å². The van der Waals surface area contributed by atoms with Crippen molar-refractivity contribution in [1.82, 2.24) is 15.1 Å². The number of nitrogens with one attached hydrogen (secondary N) is 1. The third-order valence-corrected chi connectivity index (χ3v) is 12.6. The highest BCUT2D eigenvalue weighted by Crippen LogP contribution is 2.68. The van der Waals surface area contributed by atoms with Crippen molar-refractivity contribution in [3.05, 3.63) is 35.9 Å². The van der Waals surface area contributed by atoms with Gasteiger partial charge >= 0.3 is 11.9 Å². The Hall–Kier alpha value is -2.85. The van der Waals surface area contributed by atoms with Crippen LogP contribution in [0.5, 0.6) is 0 Å². The Kier molecular flexibility index (Phi) is 6.89. The first-order valence-corrected chi connectivity index (χ1v) is 15.1. The van der Waals surface area contributed by atoms with Gasteiger partial charge in [0.15, 0.2) is 6.04 Å². The van der Waals surface area contributed by atoms with Gasteiger partial charge in [0, 0.05) is 4.75 Å². The highest BCUT2D eigenvalue weighted by molar-refractivity contribution is 8.26. The summed E-state index contributed by atoms with van der Waals surface area (Å²) in [6, 6.07) is 4.65. The standard InChI is InChI=1S/C25H32N4O9S2/c1-24(2)17(29-20(32)16(21(29)39-24)27-19(31)15(26)12-8-6-5-7-9-12)22(33)37-11-38-23(34)18-25(3,4)40(35,36)14-10-13(30)28(14)18/h5-9,14-18,21,35-36H,10-11,26H2,1-4H3,(H,27,31)/t14-,15+,16+,17+,18-,21+/m0/s1. The number of ether oxygens (including phenoxy) is 2. The number of hydrogen-bond donors (Lipinski definition) is 4. The molecule has 3 amide bonds. The van der Waals surface area contributed by atoms with E-state index in [4.69, 9.17) is 15.2 Å². The van der Waals surface area contributed by atoms with Gasteiger partial charge in [-0.05, 0) is 33.3 Å². The maximum absolute atomic E-state index is 13.1. The number of nitrogens with zero attached hydrogens (tertiary/aromatic N) is 2. The minimum absolute atomic E-state index is 0.0658. The van der Waals surface area contributed by atoms with Crippen molar-refractivity contribution in [1.29, 1.82) is 0 Å². The van der Waals surface area contributed by atoms with Crippen LogP contribution in [0.1, 0.15) is 45.7 Å². The van der Waals surface area contributed by atoms with E-state index in [9.17, 15) is 33.1 Å². The predicted molar refractivity (Wildman–Crippen MR) is 144 cm³/mol. The van der Waals surface area contributed by atoms with Gasteiger partial charge in [-0.15, -0.1) is 11.8 Å². The van der Waals surface area contributed by atoms with E-state index in [-0.39, 0.29) is 6.42 Å². The number of benzene rings is 1. The minimum atomic E-state index is -3.30. The lowest BCUT2D eigenvalue weighted by molar-refractivity contribution is -0.181. The van der Waals surface area contributed by atoms with E-state index < -0.39 is 91.5 Å². The fourth-order valence-corrected chi connectivity index (χ4v) is 9.51. The van der Waals surface area contributed by atoms with Gasteiger partial charge in [0.2, 0.25) is 24.5 Å². The molecule has 218 valence electrons. The van der Waals surface area contributed by atoms with Crippen LogP contribution in [0.3, 0.4) is 0 Å². The Balaban J connectivity index is 1.18. The summed E-state index contributed by atoms with van der Waals surface area (Å²) >= 11 is 1.33. The average Bonchev–Trinajstić information content (AvgIpc) is 3.22. The van der Waals surface area contributed by atoms with Crippen LogP contribution in [-0.2, 0) is 33.4 Å². The first kappa shape index (κ1) is 28.7. The van der Waals surface area contributed by atoms with Gasteiger partial charge in [-0.2, -0.15) is 10.6 Å². The van der Waals surface area contributed by atoms with E-state index in [1.165, 1.54) is 30.5 Å². The van der Waals surface area contributed by atoms with Crippen molar-refractivity contribution in [2.24, 2.45) is 5.73 Å². The molecule has 4 aliphatic heterocycles. The van der Waals surface area contributed by atoms with E-state index >= 15 is 0 Å². The smallest absolute Gasteiger partial charge is 0.334 e. The van der Waals surface area contributed by atoms with Crippen LogP contribution in [0.15, 0.2) is 30.3 Å². The first-order valence-electron chi connectivity index (χ1n) is 12.6. The van der Waals surface area contributed by atoms with Gasteiger partial charge in [-0.3, -0.25) is 23.5 Å². The van der Waals surface area contributed by atoms with Gasteiger partial charge in [0.05, 0.1) is 11.2 Å². The minimum Gasteiger partial charge on any atom is -0.426 e. The first-order chi connectivity index (χ1) is 18.6. The number of amides is 3. The Labute approximate surface area is 236 Å². The average molecular weight is 597 g/mol. The lowest BCUT2D eigenvalue weighted by Crippen LogP contribution is -2.71. The lowest BCUT2D eigenvalue weighted by Gasteiger charge is -2.46. The van der Waals surface area contributed by atoms with Crippen molar-refractivity contribution < 1.29 is 42.6 Å². The maximum Gasteiger partial charge on any atom is 0.334 e. The van der Waals surface area contributed by atoms with Crippen LogP contribution < -0.4 is 11.1 Å². The molecule has 4 aliphatic rings. The van der Waals surface area contributed by atoms with Gasteiger partial charge in [-0.1, -0.05) is 30.3 Å². The van der Waals surface area contributed by atoms with Crippen LogP contribution in [0.4, 0.5) is 0 Å². The third kappa shape index (κ3) is 4.17. The summed E-state index contributed by atoms with van der Waals surface area (Å²) in [5.74, 6) is -3.11. The van der Waals surface area contributed by atoms with Crippen molar-refractivity contribution in [3.8, 4) is 0 Å². The van der Waals surface area contributed by atoms with E-state index in [0.29, 0.717) is 5.56 Å². The number of carbonyl (C=O) groups is 5. The monoisotopic (exact) mass is 596 g/mol. The molecule has 13 nitrogen and oxygen atoms in total. The molecule has 4 heterocycles. The quantitative estimate of drug-likeness (QED) is 0.197. The molecule has 5 N–H and O–H groups in total. The molecule has 0 radical (unpaired) electrons. The highest BCUT2D eigenvalue weighted by Gasteiger charge is 2.68. The van der Waals surface area contributed by atoms with E-state index in [1.807, 2.05) is 0 Å². The molecule has 0 aromatic heterocycles. The number of β-lactam (4-membered cyclic amide) rings is 2. The SMILES string of the molecule is CC1(C)S[C@@H]2[C@H](NC(=O)[C@H](N)c3ccccc3)C(=O)N2[C@@H]1C(=O)OCOC(=O)[C@@H]1N2C(=O)C[C@@H]2S(O)(O)C1(C)C. The Morgan fingerprint density at radius 3 is 2.27 bits per heavy atom. The number of nitrogens with two attached hydrogens (primary N) is 1. The molecule has 15 heteroatoms. The molecular formula is C25H32N4O9S2. The van der Waals surface area contributed by atoms with Crippen LogP contribution in [0.25, 0.3) is 0 Å². The van der Waals surface area contributed by atoms with E-state index in [1.54, 1.807) is 44.2 Å². The molecule has 6 atom stereocenters. The molecular weight excluding hydrogens is 564 g/mol. The van der Waals surface area contributed by atoms with Crippen molar-refractivity contribution in [3.63, 3.8) is 0 Å². The summed E-state index contributed by atoms with van der Waals surface area (Å²) in [5, 5.41) is 1.31. The van der Waals surface area contributed by atoms with Crippen LogP contribution in [0, 0.1) is 0 Å². The lowest BCUT2D eigenvalue weighted by atomic mass is 9.95. The molecule has 1 aromatic carbocycles. The van der Waals surface area contributed by atoms with Crippen LogP contribution in [0.2, 0.25) is 0 Å². The number of thioether (sulfide) groups is 1. The number of hydrogen-bond acceptors (Lipinski definition) is 11. The second-order valence-electron chi connectivity index (χ2n) is 11.2. The van der Waals surface area contributed by atoms with Gasteiger partial charge in [0.25, 0.3) is 0 Å². The fraction of sp³-hybridized carbons (Fsp3) is 0.560. The molecule has 0 saturated carbocycles. The van der Waals surface area contributed by atoms with Crippen LogP contribution in [-0.4, -0.2) is 93.7 Å². The summed E-state index contributed by atoms with van der Waals surface area (Å²) in [7, 11) is -3.30. The van der Waals surface area contributed by atoms with E-state index in [0.717, 1.165) is 4.90 Å². The summed E-state index contributed by atoms with van der Waals surface area (Å²) in [6.07, 6.45) is -0.0658. The van der Waals surface area contributed by atoms with E-state index in [2.05, 4.69) is 5.32 Å². The molecule has 0 aliphatic carbocycles. The Morgan fingerprint density at radius 2 is 1.68 bits per heavy atom. The molecule has 4 saturated heterocycles. The molecule has 4 fully saturated rings.